The molecule has 1 aromatic heterocycles. The van der Waals surface area contributed by atoms with Gasteiger partial charge in [-0.1, -0.05) is 54.0 Å². The maximum absolute atomic E-state index is 12.0. The molecule has 0 bridgehead atoms. The lowest BCUT2D eigenvalue weighted by atomic mass is 10.1. The Morgan fingerprint density at radius 2 is 1.96 bits per heavy atom. The number of aromatic nitrogens is 2. The Labute approximate surface area is 140 Å². The molecule has 3 aromatic rings. The third-order valence-electron chi connectivity index (χ3n) is 3.67. The van der Waals surface area contributed by atoms with Crippen LogP contribution in [0.1, 0.15) is 34.3 Å². The number of nitrogens with zero attached hydrogens (tertiary/aromatic N) is 2. The van der Waals surface area contributed by atoms with Crippen LogP contribution in [0.15, 0.2) is 53.1 Å². The van der Waals surface area contributed by atoms with E-state index in [1.807, 2.05) is 43.3 Å². The van der Waals surface area contributed by atoms with E-state index >= 15 is 0 Å². The van der Waals surface area contributed by atoms with Crippen LogP contribution in [-0.4, -0.2) is 16.1 Å². The zero-order chi connectivity index (χ0) is 16.9. The Hall–Kier alpha value is -2.95. The van der Waals surface area contributed by atoms with Crippen molar-refractivity contribution in [3.63, 3.8) is 0 Å². The van der Waals surface area contributed by atoms with Gasteiger partial charge in [0, 0.05) is 5.56 Å². The van der Waals surface area contributed by atoms with Gasteiger partial charge >= 0.3 is 5.97 Å². The van der Waals surface area contributed by atoms with Gasteiger partial charge in [-0.3, -0.25) is 0 Å². The van der Waals surface area contributed by atoms with Crippen LogP contribution in [0.4, 0.5) is 0 Å². The highest BCUT2D eigenvalue weighted by Crippen LogP contribution is 2.17. The average Bonchev–Trinajstić information content (AvgIpc) is 3.09. The van der Waals surface area contributed by atoms with E-state index < -0.39 is 5.97 Å². The second-order valence-corrected chi connectivity index (χ2v) is 5.51. The van der Waals surface area contributed by atoms with Crippen molar-refractivity contribution in [1.82, 2.24) is 10.1 Å². The molecule has 2 aromatic carbocycles. The smallest absolute Gasteiger partial charge is 0.338 e. The first-order valence-electron chi connectivity index (χ1n) is 7.81. The SMILES string of the molecule is CCc1ccc(-c2noc(COC(=O)c3cccc(C)c3)n2)cc1. The van der Waals surface area contributed by atoms with Crippen LogP contribution in [0.5, 0.6) is 0 Å². The van der Waals surface area contributed by atoms with E-state index in [0.717, 1.165) is 17.5 Å². The molecule has 0 atom stereocenters. The number of hydrogen-bond donors (Lipinski definition) is 0. The first-order chi connectivity index (χ1) is 11.7. The molecule has 1 heterocycles. The topological polar surface area (TPSA) is 65.2 Å². The Morgan fingerprint density at radius 1 is 1.17 bits per heavy atom. The highest BCUT2D eigenvalue weighted by atomic mass is 16.6. The lowest BCUT2D eigenvalue weighted by molar-refractivity contribution is 0.0429. The lowest BCUT2D eigenvalue weighted by Crippen LogP contribution is -2.05. The fraction of sp³-hybridized carbons (Fsp3) is 0.211. The number of hydrogen-bond acceptors (Lipinski definition) is 5. The number of rotatable bonds is 5. The van der Waals surface area contributed by atoms with Gasteiger partial charge in [0.25, 0.3) is 5.89 Å². The minimum Gasteiger partial charge on any atom is -0.452 e. The summed E-state index contributed by atoms with van der Waals surface area (Å²) in [5.74, 6) is 0.343. The number of carbonyl (C=O) groups is 1. The summed E-state index contributed by atoms with van der Waals surface area (Å²) in [6, 6.07) is 15.2. The Bertz CT molecular complexity index is 838. The van der Waals surface area contributed by atoms with E-state index in [1.165, 1.54) is 5.56 Å². The van der Waals surface area contributed by atoms with E-state index in [9.17, 15) is 4.79 Å². The number of esters is 1. The summed E-state index contributed by atoms with van der Waals surface area (Å²) < 4.78 is 10.4. The average molecular weight is 322 g/mol. The molecule has 0 amide bonds. The van der Waals surface area contributed by atoms with Crippen LogP contribution in [0.25, 0.3) is 11.4 Å². The van der Waals surface area contributed by atoms with Crippen molar-refractivity contribution in [2.45, 2.75) is 26.9 Å². The van der Waals surface area contributed by atoms with E-state index in [2.05, 4.69) is 17.1 Å². The van der Waals surface area contributed by atoms with Gasteiger partial charge in [0.15, 0.2) is 6.61 Å². The molecule has 0 N–H and O–H groups in total. The third kappa shape index (κ3) is 3.68. The van der Waals surface area contributed by atoms with Crippen molar-refractivity contribution < 1.29 is 14.1 Å². The predicted molar refractivity (Wildman–Crippen MR) is 89.4 cm³/mol. The fourth-order valence-electron chi connectivity index (χ4n) is 2.30. The fourth-order valence-corrected chi connectivity index (χ4v) is 2.30. The molecule has 122 valence electrons. The number of aryl methyl sites for hydroxylation is 2. The second kappa shape index (κ2) is 7.08. The third-order valence-corrected chi connectivity index (χ3v) is 3.67. The zero-order valence-corrected chi connectivity index (χ0v) is 13.7. The van der Waals surface area contributed by atoms with Gasteiger partial charge in [0.1, 0.15) is 0 Å². The maximum Gasteiger partial charge on any atom is 0.338 e. The molecule has 0 aliphatic heterocycles. The van der Waals surface area contributed by atoms with Crippen molar-refractivity contribution in [3.8, 4) is 11.4 Å². The quantitative estimate of drug-likeness (QED) is 0.665. The van der Waals surface area contributed by atoms with Crippen LogP contribution < -0.4 is 0 Å². The number of carbonyl (C=O) groups excluding carboxylic acids is 1. The molecular weight excluding hydrogens is 304 g/mol. The second-order valence-electron chi connectivity index (χ2n) is 5.51. The minimum absolute atomic E-state index is 0.0488. The maximum atomic E-state index is 12.0. The van der Waals surface area contributed by atoms with E-state index in [0.29, 0.717) is 11.4 Å². The van der Waals surface area contributed by atoms with Crippen LogP contribution in [-0.2, 0) is 17.8 Å². The molecular formula is C19H18N2O3. The summed E-state index contributed by atoms with van der Waals surface area (Å²) in [5, 5.41) is 3.93. The summed E-state index contributed by atoms with van der Waals surface area (Å²) in [4.78, 5) is 16.3. The van der Waals surface area contributed by atoms with Crippen molar-refractivity contribution >= 4 is 5.97 Å². The molecule has 0 saturated heterocycles. The predicted octanol–water partition coefficient (Wildman–Crippen LogP) is 3.96. The molecule has 0 aliphatic rings. The molecule has 24 heavy (non-hydrogen) atoms. The number of benzene rings is 2. The van der Waals surface area contributed by atoms with E-state index in [4.69, 9.17) is 9.26 Å². The van der Waals surface area contributed by atoms with Crippen LogP contribution in [0, 0.1) is 6.92 Å². The highest BCUT2D eigenvalue weighted by Gasteiger charge is 2.12. The van der Waals surface area contributed by atoms with Gasteiger partial charge in [0.05, 0.1) is 5.56 Å². The molecule has 0 radical (unpaired) electrons. The molecule has 5 heteroatoms. The van der Waals surface area contributed by atoms with Crippen LogP contribution in [0.2, 0.25) is 0 Å². The summed E-state index contributed by atoms with van der Waals surface area (Å²) in [6.45, 7) is 3.97. The molecule has 3 rings (SSSR count). The molecule has 0 fully saturated rings. The highest BCUT2D eigenvalue weighted by molar-refractivity contribution is 5.89. The molecule has 0 aliphatic carbocycles. The van der Waals surface area contributed by atoms with Gasteiger partial charge in [-0.2, -0.15) is 4.98 Å². The molecule has 0 spiro atoms. The normalized spacial score (nSPS) is 10.6. The number of ether oxygens (including phenoxy) is 1. The molecule has 5 nitrogen and oxygen atoms in total. The zero-order valence-electron chi connectivity index (χ0n) is 13.7. The van der Waals surface area contributed by atoms with Gasteiger partial charge < -0.3 is 9.26 Å². The van der Waals surface area contributed by atoms with Crippen LogP contribution >= 0.6 is 0 Å². The Morgan fingerprint density at radius 3 is 2.67 bits per heavy atom. The Kier molecular flexibility index (Phi) is 4.70. The van der Waals surface area contributed by atoms with Gasteiger partial charge in [-0.15, -0.1) is 0 Å². The van der Waals surface area contributed by atoms with Crippen molar-refractivity contribution in [2.24, 2.45) is 0 Å². The summed E-state index contributed by atoms with van der Waals surface area (Å²) in [5.41, 5.74) is 3.62. The van der Waals surface area contributed by atoms with E-state index in [-0.39, 0.29) is 12.5 Å². The standard InChI is InChI=1S/C19H18N2O3/c1-3-14-7-9-15(10-8-14)18-20-17(24-21-18)12-23-19(22)16-6-4-5-13(2)11-16/h4-11H,3,12H2,1-2H3. The minimum atomic E-state index is -0.411. The van der Waals surface area contributed by atoms with Crippen molar-refractivity contribution in [1.29, 1.82) is 0 Å². The first-order valence-corrected chi connectivity index (χ1v) is 7.81. The molecule has 0 saturated carbocycles. The van der Waals surface area contributed by atoms with Gasteiger partial charge in [-0.25, -0.2) is 4.79 Å². The summed E-state index contributed by atoms with van der Waals surface area (Å²) >= 11 is 0. The first kappa shape index (κ1) is 15.9. The van der Waals surface area contributed by atoms with Crippen molar-refractivity contribution in [2.75, 3.05) is 0 Å². The summed E-state index contributed by atoms with van der Waals surface area (Å²) in [7, 11) is 0. The summed E-state index contributed by atoms with van der Waals surface area (Å²) in [6.07, 6.45) is 0.979. The Balaban J connectivity index is 1.64. The van der Waals surface area contributed by atoms with Crippen molar-refractivity contribution in [3.05, 3.63) is 71.1 Å². The van der Waals surface area contributed by atoms with Gasteiger partial charge in [-0.05, 0) is 31.0 Å². The van der Waals surface area contributed by atoms with Crippen LogP contribution in [0.3, 0.4) is 0 Å². The monoisotopic (exact) mass is 322 g/mol. The molecule has 0 unspecified atom stereocenters. The van der Waals surface area contributed by atoms with E-state index in [1.54, 1.807) is 12.1 Å². The lowest BCUT2D eigenvalue weighted by Gasteiger charge is -2.02. The largest absolute Gasteiger partial charge is 0.452 e. The van der Waals surface area contributed by atoms with Gasteiger partial charge in [0.2, 0.25) is 5.82 Å².